The van der Waals surface area contributed by atoms with Crippen LogP contribution in [0.5, 0.6) is 0 Å². The van der Waals surface area contributed by atoms with Crippen LogP contribution in [-0.4, -0.2) is 44.2 Å². The lowest BCUT2D eigenvalue weighted by Crippen LogP contribution is -2.41. The van der Waals surface area contributed by atoms with Gasteiger partial charge in [-0.05, 0) is 11.1 Å². The topological polar surface area (TPSA) is 66.5 Å². The van der Waals surface area contributed by atoms with Gasteiger partial charge in [0.15, 0.2) is 0 Å². The highest BCUT2D eigenvalue weighted by molar-refractivity contribution is 7.98. The van der Waals surface area contributed by atoms with Gasteiger partial charge in [0.05, 0.1) is 6.26 Å². The molecule has 0 aliphatic carbocycles. The fraction of sp³-hybridized carbons (Fsp3) is 0.316. The van der Waals surface area contributed by atoms with Gasteiger partial charge in [-0.25, -0.2) is 8.42 Å². The number of benzene rings is 2. The highest BCUT2D eigenvalue weighted by Gasteiger charge is 2.30. The van der Waals surface area contributed by atoms with Crippen molar-refractivity contribution in [1.29, 1.82) is 0 Å². The molecule has 0 saturated carbocycles. The van der Waals surface area contributed by atoms with E-state index in [9.17, 15) is 13.2 Å². The predicted molar refractivity (Wildman–Crippen MR) is 107 cm³/mol. The summed E-state index contributed by atoms with van der Waals surface area (Å²) in [6, 6.07) is 18.2. The van der Waals surface area contributed by atoms with Crippen molar-refractivity contribution >= 4 is 27.7 Å². The number of amides is 1. The molecule has 0 bridgehead atoms. The van der Waals surface area contributed by atoms with Crippen molar-refractivity contribution in [2.45, 2.75) is 11.8 Å². The van der Waals surface area contributed by atoms with Crippen LogP contribution in [0.15, 0.2) is 60.7 Å². The van der Waals surface area contributed by atoms with E-state index in [-0.39, 0.29) is 5.91 Å². The number of nitrogens with zero attached hydrogens (tertiary/aromatic N) is 1. The Morgan fingerprint density at radius 3 is 2.23 bits per heavy atom. The zero-order valence-electron chi connectivity index (χ0n) is 15.0. The zero-order valence-corrected chi connectivity index (χ0v) is 16.6. The van der Waals surface area contributed by atoms with Crippen molar-refractivity contribution in [3.8, 4) is 0 Å². The monoisotopic (exact) mass is 392 g/mol. The Morgan fingerprint density at radius 1 is 1.08 bits per heavy atom. The lowest BCUT2D eigenvalue weighted by Gasteiger charge is -2.25. The molecule has 7 heteroatoms. The van der Waals surface area contributed by atoms with Gasteiger partial charge in [0.1, 0.15) is 6.04 Å². The van der Waals surface area contributed by atoms with E-state index in [1.807, 2.05) is 24.3 Å². The first kappa shape index (κ1) is 20.5. The lowest BCUT2D eigenvalue weighted by atomic mass is 10.1. The van der Waals surface area contributed by atoms with Gasteiger partial charge in [0.25, 0.3) is 0 Å². The molecule has 2 rings (SSSR count). The molecule has 1 atom stereocenters. The molecule has 0 fully saturated rings. The van der Waals surface area contributed by atoms with Gasteiger partial charge in [-0.3, -0.25) is 4.79 Å². The number of rotatable bonds is 9. The number of sulfonamides is 1. The molecular formula is C19H24N2O3S2. The quantitative estimate of drug-likeness (QED) is 0.666. The van der Waals surface area contributed by atoms with E-state index in [0.29, 0.717) is 12.1 Å². The maximum atomic E-state index is 12.6. The molecule has 5 nitrogen and oxygen atoms in total. The van der Waals surface area contributed by atoms with Gasteiger partial charge < -0.3 is 5.32 Å². The standard InChI is InChI=1S/C19H24N2O3S2/c1-21(26(2,23)24)18(17-11-7-4-8-12-17)19(22)20-13-14-25-15-16-9-5-3-6-10-16/h3-12,18H,13-15H2,1-2H3,(H,20,22). The van der Waals surface area contributed by atoms with Crippen molar-refractivity contribution in [3.05, 3.63) is 71.8 Å². The minimum Gasteiger partial charge on any atom is -0.354 e. The molecule has 26 heavy (non-hydrogen) atoms. The van der Waals surface area contributed by atoms with Crippen LogP contribution in [0, 0.1) is 0 Å². The Hall–Kier alpha value is -1.83. The molecule has 1 N–H and O–H groups in total. The molecule has 2 aromatic carbocycles. The Balaban J connectivity index is 1.92. The van der Waals surface area contributed by atoms with Crippen molar-refractivity contribution in [3.63, 3.8) is 0 Å². The van der Waals surface area contributed by atoms with E-state index in [2.05, 4.69) is 17.4 Å². The molecule has 0 heterocycles. The zero-order chi connectivity index (χ0) is 19.0. The van der Waals surface area contributed by atoms with Crippen LogP contribution in [0.1, 0.15) is 17.2 Å². The highest BCUT2D eigenvalue weighted by atomic mass is 32.2. The Labute approximate surface area is 159 Å². The van der Waals surface area contributed by atoms with E-state index in [4.69, 9.17) is 0 Å². The minimum absolute atomic E-state index is 0.315. The summed E-state index contributed by atoms with van der Waals surface area (Å²) in [4.78, 5) is 12.6. The van der Waals surface area contributed by atoms with Crippen molar-refractivity contribution in [1.82, 2.24) is 9.62 Å². The van der Waals surface area contributed by atoms with E-state index < -0.39 is 16.1 Å². The number of likely N-dealkylation sites (N-methyl/N-ethyl adjacent to an activating group) is 1. The Morgan fingerprint density at radius 2 is 1.65 bits per heavy atom. The molecule has 1 amide bonds. The highest BCUT2D eigenvalue weighted by Crippen LogP contribution is 2.22. The maximum Gasteiger partial charge on any atom is 0.243 e. The average Bonchev–Trinajstić information content (AvgIpc) is 2.62. The summed E-state index contributed by atoms with van der Waals surface area (Å²) in [5, 5.41) is 2.85. The third kappa shape index (κ3) is 6.16. The van der Waals surface area contributed by atoms with Gasteiger partial charge >= 0.3 is 0 Å². The number of thioether (sulfide) groups is 1. The number of carbonyl (C=O) groups is 1. The fourth-order valence-corrected chi connectivity index (χ4v) is 3.88. The normalized spacial score (nSPS) is 12.7. The first-order chi connectivity index (χ1) is 12.4. The van der Waals surface area contributed by atoms with Crippen LogP contribution in [0.4, 0.5) is 0 Å². The second kappa shape index (κ2) is 9.75. The summed E-state index contributed by atoms with van der Waals surface area (Å²) in [6.45, 7) is 0.483. The molecule has 1 unspecified atom stereocenters. The number of carbonyl (C=O) groups excluding carboxylic acids is 1. The van der Waals surface area contributed by atoms with Gasteiger partial charge in [0, 0.05) is 25.1 Å². The minimum atomic E-state index is -3.50. The van der Waals surface area contributed by atoms with Crippen LogP contribution in [0.2, 0.25) is 0 Å². The third-order valence-corrected chi connectivity index (χ3v) is 6.19. The summed E-state index contributed by atoms with van der Waals surface area (Å²) < 4.78 is 25.0. The van der Waals surface area contributed by atoms with Crippen molar-refractivity contribution in [2.75, 3.05) is 25.6 Å². The third-order valence-electron chi connectivity index (χ3n) is 3.91. The van der Waals surface area contributed by atoms with Gasteiger partial charge in [-0.2, -0.15) is 16.1 Å². The average molecular weight is 393 g/mol. The van der Waals surface area contributed by atoms with E-state index in [1.54, 1.807) is 36.0 Å². The van der Waals surface area contributed by atoms with E-state index in [1.165, 1.54) is 12.6 Å². The van der Waals surface area contributed by atoms with Gasteiger partial charge in [-0.15, -0.1) is 0 Å². The summed E-state index contributed by atoms with van der Waals surface area (Å²) >= 11 is 1.72. The van der Waals surface area contributed by atoms with Gasteiger partial charge in [-0.1, -0.05) is 60.7 Å². The second-order valence-electron chi connectivity index (χ2n) is 5.92. The first-order valence-electron chi connectivity index (χ1n) is 8.27. The van der Waals surface area contributed by atoms with Gasteiger partial charge in [0.2, 0.25) is 15.9 Å². The molecule has 0 saturated heterocycles. The van der Waals surface area contributed by atoms with Crippen LogP contribution >= 0.6 is 11.8 Å². The van der Waals surface area contributed by atoms with Crippen LogP contribution in [-0.2, 0) is 20.6 Å². The molecular weight excluding hydrogens is 368 g/mol. The summed E-state index contributed by atoms with van der Waals surface area (Å²) in [5.74, 6) is 1.32. The van der Waals surface area contributed by atoms with Crippen LogP contribution in [0.25, 0.3) is 0 Å². The Bertz CT molecular complexity index is 796. The van der Waals surface area contributed by atoms with Crippen LogP contribution in [0.3, 0.4) is 0 Å². The van der Waals surface area contributed by atoms with E-state index in [0.717, 1.165) is 22.1 Å². The first-order valence-corrected chi connectivity index (χ1v) is 11.3. The van der Waals surface area contributed by atoms with Crippen molar-refractivity contribution in [2.24, 2.45) is 0 Å². The summed E-state index contributed by atoms with van der Waals surface area (Å²) in [7, 11) is -2.07. The fourth-order valence-electron chi connectivity index (χ4n) is 2.46. The van der Waals surface area contributed by atoms with E-state index >= 15 is 0 Å². The smallest absolute Gasteiger partial charge is 0.243 e. The predicted octanol–water partition coefficient (Wildman–Crippen LogP) is 2.67. The molecule has 140 valence electrons. The number of hydrogen-bond donors (Lipinski definition) is 1. The molecule has 0 spiro atoms. The summed E-state index contributed by atoms with van der Waals surface area (Å²) in [6.07, 6.45) is 1.10. The number of nitrogens with one attached hydrogen (secondary N) is 1. The molecule has 0 aliphatic heterocycles. The van der Waals surface area contributed by atoms with Crippen molar-refractivity contribution < 1.29 is 13.2 Å². The summed E-state index contributed by atoms with van der Waals surface area (Å²) in [5.41, 5.74) is 1.89. The molecule has 0 radical (unpaired) electrons. The lowest BCUT2D eigenvalue weighted by molar-refractivity contribution is -0.124. The molecule has 0 aliphatic rings. The Kier molecular flexibility index (Phi) is 7.68. The second-order valence-corrected chi connectivity index (χ2v) is 9.07. The maximum absolute atomic E-state index is 12.6. The molecule has 2 aromatic rings. The SMILES string of the molecule is CN(C(C(=O)NCCSCc1ccccc1)c1ccccc1)S(C)(=O)=O. The number of hydrogen-bond acceptors (Lipinski definition) is 4. The van der Waals surface area contributed by atoms with Crippen LogP contribution < -0.4 is 5.32 Å². The molecule has 0 aromatic heterocycles. The largest absolute Gasteiger partial charge is 0.354 e.